The van der Waals surface area contributed by atoms with Crippen LogP contribution in [0.25, 0.3) is 0 Å². The van der Waals surface area contributed by atoms with Crippen molar-refractivity contribution in [2.24, 2.45) is 0 Å². The number of anilines is 1. The summed E-state index contributed by atoms with van der Waals surface area (Å²) in [4.78, 5) is 11.9. The Morgan fingerprint density at radius 3 is 2.82 bits per heavy atom. The van der Waals surface area contributed by atoms with Gasteiger partial charge >= 0.3 is 12.4 Å². The number of hydrogen-bond acceptors (Lipinski definition) is 4. The van der Waals surface area contributed by atoms with Crippen molar-refractivity contribution in [2.45, 2.75) is 19.4 Å². The highest BCUT2D eigenvalue weighted by Crippen LogP contribution is 2.29. The number of halogens is 4. The smallest absolute Gasteiger partial charge is 0.467 e. The molecule has 1 aliphatic heterocycles. The van der Waals surface area contributed by atoms with E-state index in [1.54, 1.807) is 0 Å². The molecule has 6 nitrogen and oxygen atoms in total. The van der Waals surface area contributed by atoms with Gasteiger partial charge in [0.2, 0.25) is 0 Å². The van der Waals surface area contributed by atoms with Gasteiger partial charge in [0, 0.05) is 23.9 Å². The molecule has 2 amide bonds. The number of urea groups is 1. The third-order valence-corrected chi connectivity index (χ3v) is 3.76. The molecule has 0 aliphatic carbocycles. The number of ether oxygens (including phenoxy) is 3. The van der Waals surface area contributed by atoms with Gasteiger partial charge in [-0.15, -0.1) is 13.2 Å². The number of rotatable bonds is 5. The third kappa shape index (κ3) is 5.49. The molecule has 1 aliphatic rings. The maximum atomic E-state index is 13.7. The molecule has 2 N–H and O–H groups in total. The molecule has 0 fully saturated rings. The topological polar surface area (TPSA) is 68.8 Å². The normalized spacial score (nSPS) is 13.3. The second-order valence-corrected chi connectivity index (χ2v) is 5.87. The van der Waals surface area contributed by atoms with E-state index in [1.165, 1.54) is 24.3 Å². The van der Waals surface area contributed by atoms with Gasteiger partial charge < -0.3 is 24.8 Å². The molecule has 0 bridgehead atoms. The van der Waals surface area contributed by atoms with E-state index >= 15 is 0 Å². The number of amides is 2. The van der Waals surface area contributed by atoms with Gasteiger partial charge in [0.1, 0.15) is 17.3 Å². The summed E-state index contributed by atoms with van der Waals surface area (Å²) in [5.41, 5.74) is 1.30. The lowest BCUT2D eigenvalue weighted by Gasteiger charge is -2.21. The average molecular weight is 400 g/mol. The van der Waals surface area contributed by atoms with Gasteiger partial charge in [0.05, 0.1) is 6.61 Å². The highest BCUT2D eigenvalue weighted by atomic mass is 19.4. The maximum Gasteiger partial charge on any atom is 0.573 e. The van der Waals surface area contributed by atoms with Crippen LogP contribution < -0.4 is 20.1 Å². The number of alkyl halides is 3. The van der Waals surface area contributed by atoms with E-state index < -0.39 is 24.0 Å². The van der Waals surface area contributed by atoms with E-state index in [0.29, 0.717) is 23.3 Å². The molecule has 3 rings (SSSR count). The van der Waals surface area contributed by atoms with Gasteiger partial charge in [-0.3, -0.25) is 0 Å². The molecule has 2 aromatic carbocycles. The summed E-state index contributed by atoms with van der Waals surface area (Å²) in [6.07, 6.45) is -4.52. The zero-order chi connectivity index (χ0) is 20.1. The lowest BCUT2D eigenvalue weighted by molar-refractivity contribution is -0.274. The van der Waals surface area contributed by atoms with E-state index in [0.717, 1.165) is 12.1 Å². The summed E-state index contributed by atoms with van der Waals surface area (Å²) in [6.45, 7) is 0.463. The van der Waals surface area contributed by atoms with Crippen LogP contribution in [0.2, 0.25) is 0 Å². The van der Waals surface area contributed by atoms with Gasteiger partial charge in [-0.2, -0.15) is 0 Å². The number of nitrogens with one attached hydrogen (secondary N) is 2. The van der Waals surface area contributed by atoms with Gasteiger partial charge in [-0.05, 0) is 36.2 Å². The minimum Gasteiger partial charge on any atom is -0.467 e. The van der Waals surface area contributed by atoms with Crippen molar-refractivity contribution in [1.82, 2.24) is 5.32 Å². The van der Waals surface area contributed by atoms with Crippen molar-refractivity contribution in [2.75, 3.05) is 18.7 Å². The first-order valence-corrected chi connectivity index (χ1v) is 8.23. The largest absolute Gasteiger partial charge is 0.573 e. The van der Waals surface area contributed by atoms with Crippen LogP contribution in [0.1, 0.15) is 11.1 Å². The lowest BCUT2D eigenvalue weighted by atomic mass is 10.1. The van der Waals surface area contributed by atoms with Crippen LogP contribution in [0, 0.1) is 5.82 Å². The first-order chi connectivity index (χ1) is 13.3. The predicted octanol–water partition coefficient (Wildman–Crippen LogP) is 3.96. The number of fused-ring (bicyclic) bond motifs is 1. The Balaban J connectivity index is 1.54. The van der Waals surface area contributed by atoms with Crippen LogP contribution >= 0.6 is 0 Å². The fourth-order valence-electron chi connectivity index (χ4n) is 2.70. The Kier molecular flexibility index (Phi) is 5.88. The molecule has 10 heteroatoms. The highest BCUT2D eigenvalue weighted by Gasteiger charge is 2.31. The Hall–Kier alpha value is -3.01. The third-order valence-electron chi connectivity index (χ3n) is 3.76. The average Bonchev–Trinajstić information content (AvgIpc) is 2.60. The molecule has 0 spiro atoms. The zero-order valence-electron chi connectivity index (χ0n) is 14.4. The molecule has 0 saturated heterocycles. The van der Waals surface area contributed by atoms with Gasteiger partial charge in [0.15, 0.2) is 6.79 Å². The second-order valence-electron chi connectivity index (χ2n) is 5.87. The van der Waals surface area contributed by atoms with Crippen LogP contribution in [-0.2, 0) is 17.8 Å². The van der Waals surface area contributed by atoms with Crippen LogP contribution in [0.5, 0.6) is 11.5 Å². The van der Waals surface area contributed by atoms with Crippen LogP contribution in [-0.4, -0.2) is 25.7 Å². The SMILES string of the molecule is O=C(NCCc1cc(F)cc2c1OCOC2)Nc1cccc(OC(F)(F)F)c1. The molecule has 0 radical (unpaired) electrons. The fourth-order valence-corrected chi connectivity index (χ4v) is 2.70. The quantitative estimate of drug-likeness (QED) is 0.746. The summed E-state index contributed by atoms with van der Waals surface area (Å²) in [5.74, 6) is -0.350. The van der Waals surface area contributed by atoms with Crippen molar-refractivity contribution in [3.8, 4) is 11.5 Å². The minimum atomic E-state index is -4.82. The number of benzene rings is 2. The number of hydrogen-bond donors (Lipinski definition) is 2. The van der Waals surface area contributed by atoms with Crippen molar-refractivity contribution in [1.29, 1.82) is 0 Å². The molecule has 2 aromatic rings. The van der Waals surface area contributed by atoms with Gasteiger partial charge in [-0.25, -0.2) is 9.18 Å². The van der Waals surface area contributed by atoms with E-state index in [2.05, 4.69) is 15.4 Å². The summed E-state index contributed by atoms with van der Waals surface area (Å²) in [7, 11) is 0. The van der Waals surface area contributed by atoms with E-state index in [9.17, 15) is 22.4 Å². The number of carbonyl (C=O) groups excluding carboxylic acids is 1. The van der Waals surface area contributed by atoms with E-state index in [-0.39, 0.29) is 25.6 Å². The highest BCUT2D eigenvalue weighted by molar-refractivity contribution is 5.89. The Bertz CT molecular complexity index is 858. The van der Waals surface area contributed by atoms with Crippen molar-refractivity contribution in [3.05, 3.63) is 53.3 Å². The Morgan fingerprint density at radius 1 is 1.21 bits per heavy atom. The van der Waals surface area contributed by atoms with Crippen LogP contribution in [0.15, 0.2) is 36.4 Å². The molecule has 28 heavy (non-hydrogen) atoms. The summed E-state index contributed by atoms with van der Waals surface area (Å²) >= 11 is 0. The molecule has 0 saturated carbocycles. The first kappa shape index (κ1) is 19.7. The summed E-state index contributed by atoms with van der Waals surface area (Å²) < 4.78 is 64.7. The molecule has 0 aromatic heterocycles. The predicted molar refractivity (Wildman–Crippen MR) is 90.5 cm³/mol. The minimum absolute atomic E-state index is 0.0654. The first-order valence-electron chi connectivity index (χ1n) is 8.23. The van der Waals surface area contributed by atoms with Crippen molar-refractivity contribution in [3.63, 3.8) is 0 Å². The molecular formula is C18H16F4N2O4. The number of carbonyl (C=O) groups is 1. The zero-order valence-corrected chi connectivity index (χ0v) is 14.4. The van der Waals surface area contributed by atoms with Crippen LogP contribution in [0.3, 0.4) is 0 Å². The van der Waals surface area contributed by atoms with Crippen molar-refractivity contribution >= 4 is 11.7 Å². The standard InChI is InChI=1S/C18H16F4N2O4/c19-13-6-11(16-12(7-13)9-26-10-27-16)4-5-23-17(25)24-14-2-1-3-15(8-14)28-18(20,21)22/h1-3,6-8H,4-5,9-10H2,(H2,23,24,25). The lowest BCUT2D eigenvalue weighted by Crippen LogP contribution is -2.30. The molecule has 1 heterocycles. The second kappa shape index (κ2) is 8.34. The molecule has 0 atom stereocenters. The Labute approximate surface area is 157 Å². The van der Waals surface area contributed by atoms with E-state index in [4.69, 9.17) is 9.47 Å². The summed E-state index contributed by atoms with van der Waals surface area (Å²) in [5, 5.41) is 4.96. The van der Waals surface area contributed by atoms with E-state index in [1.807, 2.05) is 0 Å². The fraction of sp³-hybridized carbons (Fsp3) is 0.278. The summed E-state index contributed by atoms with van der Waals surface area (Å²) in [6, 6.07) is 6.92. The molecule has 150 valence electrons. The Morgan fingerprint density at radius 2 is 2.04 bits per heavy atom. The van der Waals surface area contributed by atoms with Gasteiger partial charge in [0.25, 0.3) is 0 Å². The van der Waals surface area contributed by atoms with Crippen molar-refractivity contribution < 1.29 is 36.6 Å². The molecular weight excluding hydrogens is 384 g/mol. The van der Waals surface area contributed by atoms with Crippen LogP contribution in [0.4, 0.5) is 28.0 Å². The maximum absolute atomic E-state index is 13.7. The van der Waals surface area contributed by atoms with Gasteiger partial charge in [-0.1, -0.05) is 6.07 Å². The molecule has 0 unspecified atom stereocenters. The monoisotopic (exact) mass is 400 g/mol.